The van der Waals surface area contributed by atoms with Crippen molar-refractivity contribution in [2.45, 2.75) is 91.4 Å². The first kappa shape index (κ1) is 34.3. The molecule has 2 fully saturated rings. The Morgan fingerprint density at radius 3 is 2.58 bits per heavy atom. The lowest BCUT2D eigenvalue weighted by Gasteiger charge is -2.37. The molecule has 9 nitrogen and oxygen atoms in total. The van der Waals surface area contributed by atoms with E-state index in [0.717, 1.165) is 132 Å². The normalized spacial score (nSPS) is 18.9. The lowest BCUT2D eigenvalue weighted by Crippen LogP contribution is -2.48. The second kappa shape index (κ2) is 15.7. The lowest BCUT2D eigenvalue weighted by molar-refractivity contribution is -0.131. The van der Waals surface area contributed by atoms with Gasteiger partial charge in [-0.3, -0.25) is 4.79 Å². The number of piperazine rings is 1. The molecule has 2 saturated heterocycles. The highest BCUT2D eigenvalue weighted by Crippen LogP contribution is 2.34. The van der Waals surface area contributed by atoms with Crippen molar-refractivity contribution in [3.8, 4) is 11.4 Å². The summed E-state index contributed by atoms with van der Waals surface area (Å²) in [5.41, 5.74) is 8.33. The minimum atomic E-state index is 0.305. The average Bonchev–Trinajstić information content (AvgIpc) is 3.72. The van der Waals surface area contributed by atoms with E-state index >= 15 is 0 Å². The molecule has 1 amide bonds. The first-order valence-corrected chi connectivity index (χ1v) is 18.6. The third kappa shape index (κ3) is 7.99. The zero-order chi connectivity index (χ0) is 33.6. The van der Waals surface area contributed by atoms with Crippen LogP contribution in [0.25, 0.3) is 5.69 Å². The molecule has 5 heterocycles. The van der Waals surface area contributed by atoms with E-state index in [0.29, 0.717) is 24.2 Å². The molecule has 0 aliphatic carbocycles. The van der Waals surface area contributed by atoms with Crippen LogP contribution < -0.4 is 15.0 Å². The maximum Gasteiger partial charge on any atom is 0.222 e. The molecule has 0 spiro atoms. The number of nitrogens with one attached hydrogen (secondary N) is 1. The molecule has 2 atom stereocenters. The van der Waals surface area contributed by atoms with Crippen molar-refractivity contribution in [3.05, 3.63) is 58.5 Å². The van der Waals surface area contributed by atoms with Crippen LogP contribution in [0.3, 0.4) is 0 Å². The topological polar surface area (TPSA) is 78.8 Å². The van der Waals surface area contributed by atoms with Gasteiger partial charge in [0.05, 0.1) is 18.5 Å². The van der Waals surface area contributed by atoms with Gasteiger partial charge in [0.25, 0.3) is 0 Å². The van der Waals surface area contributed by atoms with Gasteiger partial charge in [-0.15, -0.1) is 0 Å². The van der Waals surface area contributed by atoms with Gasteiger partial charge in [0.15, 0.2) is 0 Å². The van der Waals surface area contributed by atoms with Crippen LogP contribution in [0.2, 0.25) is 0 Å². The number of ether oxygens (including phenoxy) is 1. The molecule has 48 heavy (non-hydrogen) atoms. The molecule has 6 rings (SSSR count). The van der Waals surface area contributed by atoms with E-state index in [9.17, 15) is 4.79 Å². The number of carbonyl (C=O) groups excluding carboxylic acids is 1. The largest absolute Gasteiger partial charge is 0.496 e. The van der Waals surface area contributed by atoms with Gasteiger partial charge in [-0.05, 0) is 107 Å². The van der Waals surface area contributed by atoms with Gasteiger partial charge in [-0.1, -0.05) is 20.3 Å². The number of hydrogen-bond acceptors (Lipinski definition) is 7. The Bertz CT molecular complexity index is 1530. The van der Waals surface area contributed by atoms with Gasteiger partial charge >= 0.3 is 0 Å². The minimum Gasteiger partial charge on any atom is -0.496 e. The van der Waals surface area contributed by atoms with Gasteiger partial charge in [0.2, 0.25) is 5.91 Å². The SMILES string of the molecule is CCCCC(=O)N1CCN(c2cc(C(CC)CN3CCC(CCc4cc(OC)c5c(n4)NCCC5)C3)cc(-n3nc(C)cc3C)c2)CC1. The first-order chi connectivity index (χ1) is 23.3. The fourth-order valence-electron chi connectivity index (χ4n) is 7.97. The number of aromatic nitrogens is 3. The summed E-state index contributed by atoms with van der Waals surface area (Å²) in [7, 11) is 1.78. The number of benzene rings is 1. The fraction of sp³-hybridized carbons (Fsp3) is 0.615. The van der Waals surface area contributed by atoms with Crippen molar-refractivity contribution in [2.75, 3.05) is 69.7 Å². The zero-order valence-electron chi connectivity index (χ0n) is 30.1. The summed E-state index contributed by atoms with van der Waals surface area (Å²) in [6.45, 7) is 16.4. The van der Waals surface area contributed by atoms with Crippen LogP contribution in [-0.4, -0.2) is 89.9 Å². The minimum absolute atomic E-state index is 0.305. The zero-order valence-corrected chi connectivity index (χ0v) is 30.1. The number of nitrogens with zero attached hydrogens (tertiary/aromatic N) is 6. The van der Waals surface area contributed by atoms with Crippen molar-refractivity contribution < 1.29 is 9.53 Å². The molecule has 1 aromatic carbocycles. The quantitative estimate of drug-likeness (QED) is 0.224. The van der Waals surface area contributed by atoms with Crippen LogP contribution in [0.4, 0.5) is 11.5 Å². The maximum atomic E-state index is 12.7. The van der Waals surface area contributed by atoms with E-state index in [2.05, 4.69) is 82.7 Å². The van der Waals surface area contributed by atoms with Crippen LogP contribution in [0.1, 0.15) is 92.9 Å². The van der Waals surface area contributed by atoms with E-state index in [1.165, 1.54) is 23.2 Å². The van der Waals surface area contributed by atoms with Crippen molar-refractivity contribution in [1.29, 1.82) is 0 Å². The highest BCUT2D eigenvalue weighted by atomic mass is 16.5. The number of fused-ring (bicyclic) bond motifs is 1. The summed E-state index contributed by atoms with van der Waals surface area (Å²) < 4.78 is 7.85. The number of rotatable bonds is 13. The Morgan fingerprint density at radius 2 is 1.85 bits per heavy atom. The number of anilines is 2. The maximum absolute atomic E-state index is 12.7. The van der Waals surface area contributed by atoms with Crippen LogP contribution in [0.15, 0.2) is 30.3 Å². The molecule has 0 radical (unpaired) electrons. The molecule has 260 valence electrons. The monoisotopic (exact) mass is 655 g/mol. The van der Waals surface area contributed by atoms with Crippen molar-refractivity contribution >= 4 is 17.4 Å². The highest BCUT2D eigenvalue weighted by Gasteiger charge is 2.27. The second-order valence-electron chi connectivity index (χ2n) is 14.3. The predicted molar refractivity (Wildman–Crippen MR) is 195 cm³/mol. The molecule has 2 aromatic heterocycles. The van der Waals surface area contributed by atoms with Gasteiger partial charge in [-0.25, -0.2) is 9.67 Å². The van der Waals surface area contributed by atoms with Crippen LogP contribution in [0.5, 0.6) is 5.75 Å². The third-order valence-corrected chi connectivity index (χ3v) is 10.8. The first-order valence-electron chi connectivity index (χ1n) is 18.6. The standard InChI is InChI=1S/C39H57N7O2/c1-6-8-11-38(47)45-19-17-44(18-20-45)34-22-32(23-35(25-34)46-29(4)21-28(3)42-46)31(7-2)27-43-16-14-30(26-43)12-13-33-24-37(48-5)36-10-9-15-40-39(36)41-33/h21-25,30-31H,6-20,26-27H2,1-5H3,(H,40,41). The van der Waals surface area contributed by atoms with E-state index < -0.39 is 0 Å². The summed E-state index contributed by atoms with van der Waals surface area (Å²) in [5, 5.41) is 8.36. The summed E-state index contributed by atoms with van der Waals surface area (Å²) in [6, 6.07) is 11.4. The Balaban J connectivity index is 1.13. The predicted octanol–water partition coefficient (Wildman–Crippen LogP) is 6.54. The molecule has 0 bridgehead atoms. The van der Waals surface area contributed by atoms with Crippen molar-refractivity contribution in [1.82, 2.24) is 24.6 Å². The highest BCUT2D eigenvalue weighted by molar-refractivity contribution is 5.76. The summed E-state index contributed by atoms with van der Waals surface area (Å²) >= 11 is 0. The van der Waals surface area contributed by atoms with Crippen LogP contribution in [-0.2, 0) is 17.6 Å². The number of aryl methyl sites for hydroxylation is 3. The summed E-state index contributed by atoms with van der Waals surface area (Å²) in [4.78, 5) is 24.9. The number of unbranched alkanes of at least 4 members (excludes halogenated alkanes) is 1. The van der Waals surface area contributed by atoms with Gasteiger partial charge in [0, 0.05) is 80.9 Å². The summed E-state index contributed by atoms with van der Waals surface area (Å²) in [5.74, 6) is 3.45. The van der Waals surface area contributed by atoms with Crippen LogP contribution in [0, 0.1) is 19.8 Å². The molecular formula is C39H57N7O2. The number of likely N-dealkylation sites (tertiary alicyclic amines) is 1. The average molecular weight is 656 g/mol. The molecule has 1 N–H and O–H groups in total. The van der Waals surface area contributed by atoms with Gasteiger partial charge in [0.1, 0.15) is 11.6 Å². The molecule has 3 aliphatic rings. The second-order valence-corrected chi connectivity index (χ2v) is 14.3. The fourth-order valence-corrected chi connectivity index (χ4v) is 7.97. The Kier molecular flexibility index (Phi) is 11.2. The van der Waals surface area contributed by atoms with Crippen molar-refractivity contribution in [3.63, 3.8) is 0 Å². The lowest BCUT2D eigenvalue weighted by atomic mass is 9.94. The van der Waals surface area contributed by atoms with E-state index in [4.69, 9.17) is 14.8 Å². The smallest absolute Gasteiger partial charge is 0.222 e. The molecule has 2 unspecified atom stereocenters. The molecule has 3 aromatic rings. The number of carbonyl (C=O) groups is 1. The molecule has 0 saturated carbocycles. The van der Waals surface area contributed by atoms with Gasteiger partial charge in [-0.2, -0.15) is 5.10 Å². The third-order valence-electron chi connectivity index (χ3n) is 10.8. The van der Waals surface area contributed by atoms with E-state index in [-0.39, 0.29) is 0 Å². The van der Waals surface area contributed by atoms with Gasteiger partial charge < -0.3 is 24.8 Å². The number of hydrogen-bond donors (Lipinski definition) is 1. The Labute approximate surface area is 288 Å². The number of pyridine rings is 1. The number of methoxy groups -OCH3 is 1. The van der Waals surface area contributed by atoms with E-state index in [1.807, 2.05) is 0 Å². The Morgan fingerprint density at radius 1 is 1.04 bits per heavy atom. The molecule has 9 heteroatoms. The molecule has 3 aliphatic heterocycles. The number of amides is 1. The molecular weight excluding hydrogens is 598 g/mol. The van der Waals surface area contributed by atoms with E-state index in [1.54, 1.807) is 7.11 Å². The van der Waals surface area contributed by atoms with Crippen LogP contribution >= 0.6 is 0 Å². The Hall–Kier alpha value is -3.59. The summed E-state index contributed by atoms with van der Waals surface area (Å²) in [6.07, 6.45) is 9.36. The van der Waals surface area contributed by atoms with Crippen molar-refractivity contribution in [2.24, 2.45) is 5.92 Å².